The molecule has 0 aromatic heterocycles. The molecule has 0 radical (unpaired) electrons. The van der Waals surface area contributed by atoms with Crippen LogP contribution in [0.2, 0.25) is 12.1 Å². The first-order chi connectivity index (χ1) is 6.28. The number of fused-ring (bicyclic) bond motifs is 2. The molecule has 0 aromatic rings. The van der Waals surface area contributed by atoms with Crippen LogP contribution in [-0.4, -0.2) is 21.8 Å². The normalized spacial score (nSPS) is 46.1. The Balaban J connectivity index is 1.82. The van der Waals surface area contributed by atoms with Crippen molar-refractivity contribution < 1.29 is 8.85 Å². The predicted octanol–water partition coefficient (Wildman–Crippen LogP) is 2.07. The molecule has 13 heavy (non-hydrogen) atoms. The van der Waals surface area contributed by atoms with Crippen LogP contribution in [0, 0.1) is 11.8 Å². The minimum Gasteiger partial charge on any atom is -0.392 e. The summed E-state index contributed by atoms with van der Waals surface area (Å²) in [6, 6.07) is 0. The molecule has 1 saturated carbocycles. The first kappa shape index (κ1) is 8.21. The van der Waals surface area contributed by atoms with E-state index < -0.39 is 8.56 Å². The van der Waals surface area contributed by atoms with Gasteiger partial charge in [-0.05, 0) is 31.2 Å². The van der Waals surface area contributed by atoms with Crippen molar-refractivity contribution in [3.05, 3.63) is 12.2 Å². The molecule has 2 nitrogen and oxygen atoms in total. The van der Waals surface area contributed by atoms with Crippen molar-refractivity contribution in [3.8, 4) is 0 Å². The van der Waals surface area contributed by atoms with Gasteiger partial charge in [0, 0.05) is 5.54 Å². The van der Waals surface area contributed by atoms with Gasteiger partial charge in [0.05, 0.1) is 13.2 Å². The number of allylic oxidation sites excluding steroid dienone is 2. The van der Waals surface area contributed by atoms with Gasteiger partial charge in [-0.1, -0.05) is 12.2 Å². The highest BCUT2D eigenvalue weighted by Crippen LogP contribution is 2.52. The summed E-state index contributed by atoms with van der Waals surface area (Å²) >= 11 is 0. The maximum atomic E-state index is 5.86. The molecule has 3 atom stereocenters. The molecule has 0 aromatic carbocycles. The van der Waals surface area contributed by atoms with Gasteiger partial charge in [-0.2, -0.15) is 0 Å². The molecule has 1 heterocycles. The maximum Gasteiger partial charge on any atom is 0.338 e. The zero-order chi connectivity index (χ0) is 8.89. The quantitative estimate of drug-likeness (QED) is 0.472. The standard InChI is InChI=1S/C10H16O2Si/c1-13(11-4-5-12-13)10-7-8-2-3-9(10)6-8/h2-3,8-10H,4-7H2,1H3. The van der Waals surface area contributed by atoms with Crippen molar-refractivity contribution in [1.82, 2.24) is 0 Å². The molecule has 1 saturated heterocycles. The molecule has 0 N–H and O–H groups in total. The molecule has 3 heteroatoms. The molecule has 1 aliphatic heterocycles. The SMILES string of the molecule is C[Si]1(C2CC3C=CC2C3)OCCO1. The Kier molecular flexibility index (Phi) is 1.69. The van der Waals surface area contributed by atoms with Crippen LogP contribution in [0.5, 0.6) is 0 Å². The molecule has 3 aliphatic rings. The Hall–Kier alpha value is -0.123. The Morgan fingerprint density at radius 1 is 1.15 bits per heavy atom. The lowest BCUT2D eigenvalue weighted by molar-refractivity contribution is 0.313. The van der Waals surface area contributed by atoms with Gasteiger partial charge >= 0.3 is 8.56 Å². The van der Waals surface area contributed by atoms with Crippen molar-refractivity contribution >= 4 is 8.56 Å². The topological polar surface area (TPSA) is 18.5 Å². The molecule has 72 valence electrons. The van der Waals surface area contributed by atoms with Crippen LogP contribution in [0.1, 0.15) is 12.8 Å². The van der Waals surface area contributed by atoms with Gasteiger partial charge in [-0.25, -0.2) is 0 Å². The molecule has 2 fully saturated rings. The minimum atomic E-state index is -1.76. The second-order valence-electron chi connectivity index (χ2n) is 4.60. The predicted molar refractivity (Wildman–Crippen MR) is 52.6 cm³/mol. The third-order valence-corrected chi connectivity index (χ3v) is 7.38. The number of hydrogen-bond donors (Lipinski definition) is 0. The van der Waals surface area contributed by atoms with E-state index in [-0.39, 0.29) is 0 Å². The lowest BCUT2D eigenvalue weighted by Gasteiger charge is -2.30. The van der Waals surface area contributed by atoms with Gasteiger partial charge in [0.1, 0.15) is 0 Å². The fourth-order valence-corrected chi connectivity index (χ4v) is 6.37. The van der Waals surface area contributed by atoms with E-state index in [4.69, 9.17) is 8.85 Å². The van der Waals surface area contributed by atoms with Crippen molar-refractivity contribution in [2.45, 2.75) is 24.9 Å². The third-order valence-electron chi connectivity index (χ3n) is 3.81. The summed E-state index contributed by atoms with van der Waals surface area (Å²) in [5, 5.41) is 0. The molecule has 0 amide bonds. The highest BCUT2D eigenvalue weighted by Gasteiger charge is 2.52. The zero-order valence-corrected chi connectivity index (χ0v) is 9.03. The highest BCUT2D eigenvalue weighted by atomic mass is 28.4. The van der Waals surface area contributed by atoms with Crippen molar-refractivity contribution in [2.24, 2.45) is 11.8 Å². The van der Waals surface area contributed by atoms with Crippen LogP contribution < -0.4 is 0 Å². The van der Waals surface area contributed by atoms with E-state index in [2.05, 4.69) is 18.7 Å². The number of hydrogen-bond acceptors (Lipinski definition) is 2. The summed E-state index contributed by atoms with van der Waals surface area (Å²) in [6.07, 6.45) is 7.46. The van der Waals surface area contributed by atoms with Crippen molar-refractivity contribution in [1.29, 1.82) is 0 Å². The molecular formula is C10H16O2Si. The zero-order valence-electron chi connectivity index (χ0n) is 8.03. The second kappa shape index (κ2) is 2.68. The Morgan fingerprint density at radius 3 is 2.46 bits per heavy atom. The van der Waals surface area contributed by atoms with Gasteiger partial charge in [0.2, 0.25) is 0 Å². The summed E-state index contributed by atoms with van der Waals surface area (Å²) in [5.41, 5.74) is 0.741. The van der Waals surface area contributed by atoms with Gasteiger partial charge < -0.3 is 8.85 Å². The monoisotopic (exact) mass is 196 g/mol. The van der Waals surface area contributed by atoms with Gasteiger partial charge in [0.15, 0.2) is 0 Å². The fourth-order valence-electron chi connectivity index (χ4n) is 3.13. The Bertz CT molecular complexity index is 245. The summed E-state index contributed by atoms with van der Waals surface area (Å²) < 4.78 is 11.7. The Labute approximate surface area is 80.2 Å². The fraction of sp³-hybridized carbons (Fsp3) is 0.800. The average molecular weight is 196 g/mol. The smallest absolute Gasteiger partial charge is 0.338 e. The lowest BCUT2D eigenvalue weighted by Crippen LogP contribution is -2.40. The third kappa shape index (κ3) is 1.14. The van der Waals surface area contributed by atoms with E-state index in [0.717, 1.165) is 30.6 Å². The van der Waals surface area contributed by atoms with E-state index in [0.29, 0.717) is 0 Å². The Morgan fingerprint density at radius 2 is 1.92 bits per heavy atom. The van der Waals surface area contributed by atoms with Crippen LogP contribution in [0.4, 0.5) is 0 Å². The first-order valence-electron chi connectivity index (χ1n) is 5.24. The maximum absolute atomic E-state index is 5.86. The van der Waals surface area contributed by atoms with Gasteiger partial charge in [-0.15, -0.1) is 0 Å². The second-order valence-corrected chi connectivity index (χ2v) is 7.95. The van der Waals surface area contributed by atoms with Crippen LogP contribution in [0.15, 0.2) is 12.2 Å². The van der Waals surface area contributed by atoms with E-state index in [9.17, 15) is 0 Å². The molecular weight excluding hydrogens is 180 g/mol. The van der Waals surface area contributed by atoms with Crippen LogP contribution in [0.25, 0.3) is 0 Å². The van der Waals surface area contributed by atoms with E-state index in [1.54, 1.807) is 0 Å². The molecule has 2 bridgehead atoms. The first-order valence-corrected chi connectivity index (χ1v) is 7.63. The molecule has 3 rings (SSSR count). The summed E-state index contributed by atoms with van der Waals surface area (Å²) in [5.74, 6) is 1.62. The van der Waals surface area contributed by atoms with Gasteiger partial charge in [-0.3, -0.25) is 0 Å². The van der Waals surface area contributed by atoms with E-state index >= 15 is 0 Å². The lowest BCUT2D eigenvalue weighted by atomic mass is 10.1. The van der Waals surface area contributed by atoms with E-state index in [1.807, 2.05) is 0 Å². The van der Waals surface area contributed by atoms with Gasteiger partial charge in [0.25, 0.3) is 0 Å². The van der Waals surface area contributed by atoms with E-state index in [1.165, 1.54) is 12.8 Å². The molecule has 2 aliphatic carbocycles. The minimum absolute atomic E-state index is 0.741. The largest absolute Gasteiger partial charge is 0.392 e. The summed E-state index contributed by atoms with van der Waals surface area (Å²) in [7, 11) is -1.76. The van der Waals surface area contributed by atoms with Crippen LogP contribution in [-0.2, 0) is 8.85 Å². The highest BCUT2D eigenvalue weighted by molar-refractivity contribution is 6.68. The summed E-state index contributed by atoms with van der Waals surface area (Å²) in [4.78, 5) is 0. The van der Waals surface area contributed by atoms with Crippen molar-refractivity contribution in [2.75, 3.05) is 13.2 Å². The molecule has 3 unspecified atom stereocenters. The average Bonchev–Trinajstić information content (AvgIpc) is 2.77. The van der Waals surface area contributed by atoms with Crippen molar-refractivity contribution in [3.63, 3.8) is 0 Å². The number of rotatable bonds is 1. The van der Waals surface area contributed by atoms with Crippen LogP contribution >= 0.6 is 0 Å². The van der Waals surface area contributed by atoms with Crippen LogP contribution in [0.3, 0.4) is 0 Å². The molecule has 0 spiro atoms. The summed E-state index contributed by atoms with van der Waals surface area (Å²) in [6.45, 7) is 3.92.